The zero-order chi connectivity index (χ0) is 15.1. The lowest BCUT2D eigenvalue weighted by Gasteiger charge is -2.11. The number of aryl methyl sites for hydroxylation is 2. The van der Waals surface area contributed by atoms with Crippen molar-refractivity contribution in [2.75, 3.05) is 0 Å². The molecule has 2 heterocycles. The first kappa shape index (κ1) is 14.8. The molecule has 3 aromatic rings. The Morgan fingerprint density at radius 1 is 1.38 bits per heavy atom. The molecule has 7 heteroatoms. The van der Waals surface area contributed by atoms with Crippen LogP contribution in [0.15, 0.2) is 18.2 Å². The number of rotatable bonds is 3. The van der Waals surface area contributed by atoms with E-state index in [1.807, 2.05) is 23.1 Å². The molecule has 0 N–H and O–H groups in total. The van der Waals surface area contributed by atoms with Gasteiger partial charge in [0.1, 0.15) is 17.2 Å². The molecule has 0 fully saturated rings. The van der Waals surface area contributed by atoms with Crippen LogP contribution in [0.1, 0.15) is 18.4 Å². The summed E-state index contributed by atoms with van der Waals surface area (Å²) in [7, 11) is 0. The van der Waals surface area contributed by atoms with Gasteiger partial charge in [-0.3, -0.25) is 4.57 Å². The van der Waals surface area contributed by atoms with Crippen molar-refractivity contribution in [1.29, 1.82) is 0 Å². The van der Waals surface area contributed by atoms with Crippen LogP contribution in [0, 0.1) is 16.3 Å². The molecular formula is C14H13ClFIN4. The van der Waals surface area contributed by atoms with E-state index >= 15 is 0 Å². The summed E-state index contributed by atoms with van der Waals surface area (Å²) < 4.78 is 18.0. The van der Waals surface area contributed by atoms with Crippen molar-refractivity contribution in [2.24, 2.45) is 0 Å². The highest BCUT2D eigenvalue weighted by Gasteiger charge is 2.20. The van der Waals surface area contributed by atoms with Crippen molar-refractivity contribution < 1.29 is 4.39 Å². The molecule has 3 rings (SSSR count). The maximum absolute atomic E-state index is 13.4. The van der Waals surface area contributed by atoms with E-state index in [1.165, 1.54) is 12.1 Å². The maximum Gasteiger partial charge on any atom is 0.163 e. The predicted octanol–water partition coefficient (Wildman–Crippen LogP) is 4.03. The summed E-state index contributed by atoms with van der Waals surface area (Å²) in [5, 5.41) is 4.49. The van der Waals surface area contributed by atoms with E-state index in [9.17, 15) is 4.39 Å². The Morgan fingerprint density at radius 3 is 2.76 bits per heavy atom. The van der Waals surface area contributed by atoms with Crippen LogP contribution < -0.4 is 0 Å². The van der Waals surface area contributed by atoms with Crippen molar-refractivity contribution >= 4 is 45.4 Å². The van der Waals surface area contributed by atoms with E-state index in [0.717, 1.165) is 38.5 Å². The molecule has 1 aromatic carbocycles. The smallest absolute Gasteiger partial charge is 0.163 e. The molecule has 0 amide bonds. The SMILES string of the molecule is CCn1nc(C)c2nc(CCl)n(-c3ccc(F)cc3I)c21. The number of alkyl halides is 1. The number of benzene rings is 1. The van der Waals surface area contributed by atoms with Gasteiger partial charge in [-0.15, -0.1) is 11.6 Å². The molecule has 0 aliphatic carbocycles. The standard InChI is InChI=1S/C14H13ClFIN4/c1-3-20-14-13(8(2)19-20)18-12(7-15)21(14)11-5-4-9(16)6-10(11)17/h4-6H,3,7H2,1-2H3. The normalized spacial score (nSPS) is 11.5. The summed E-state index contributed by atoms with van der Waals surface area (Å²) in [5.41, 5.74) is 3.47. The zero-order valence-electron chi connectivity index (χ0n) is 11.6. The van der Waals surface area contributed by atoms with Gasteiger partial charge in [-0.05, 0) is 54.6 Å². The minimum atomic E-state index is -0.257. The second kappa shape index (κ2) is 5.57. The second-order valence-corrected chi connectivity index (χ2v) is 6.10. The van der Waals surface area contributed by atoms with Crippen molar-refractivity contribution in [3.05, 3.63) is 39.1 Å². The first-order valence-corrected chi connectivity index (χ1v) is 8.14. The minimum absolute atomic E-state index is 0.257. The first-order chi connectivity index (χ1) is 10.1. The fraction of sp³-hybridized carbons (Fsp3) is 0.286. The van der Waals surface area contributed by atoms with Gasteiger partial charge in [0.2, 0.25) is 0 Å². The van der Waals surface area contributed by atoms with Gasteiger partial charge in [-0.25, -0.2) is 14.1 Å². The zero-order valence-corrected chi connectivity index (χ0v) is 14.5. The molecule has 0 saturated heterocycles. The van der Waals surface area contributed by atoms with Gasteiger partial charge in [0.05, 0.1) is 17.3 Å². The van der Waals surface area contributed by atoms with Crippen molar-refractivity contribution in [1.82, 2.24) is 19.3 Å². The van der Waals surface area contributed by atoms with E-state index in [-0.39, 0.29) is 11.7 Å². The van der Waals surface area contributed by atoms with Gasteiger partial charge in [-0.1, -0.05) is 0 Å². The van der Waals surface area contributed by atoms with Crippen LogP contribution >= 0.6 is 34.2 Å². The molecule has 0 aliphatic rings. The fourth-order valence-corrected chi connectivity index (χ4v) is 3.34. The van der Waals surface area contributed by atoms with Crippen LogP contribution in [0.5, 0.6) is 0 Å². The van der Waals surface area contributed by atoms with Gasteiger partial charge < -0.3 is 0 Å². The van der Waals surface area contributed by atoms with Crippen LogP contribution in [-0.4, -0.2) is 19.3 Å². The van der Waals surface area contributed by atoms with E-state index in [1.54, 1.807) is 6.07 Å². The fourth-order valence-electron chi connectivity index (χ4n) is 2.44. The molecule has 0 atom stereocenters. The molecule has 0 spiro atoms. The van der Waals surface area contributed by atoms with Crippen molar-refractivity contribution in [2.45, 2.75) is 26.3 Å². The minimum Gasteiger partial charge on any atom is -0.279 e. The first-order valence-electron chi connectivity index (χ1n) is 6.53. The Kier molecular flexibility index (Phi) is 3.92. The lowest BCUT2D eigenvalue weighted by Crippen LogP contribution is -2.07. The summed E-state index contributed by atoms with van der Waals surface area (Å²) in [6.45, 7) is 4.69. The van der Waals surface area contributed by atoms with Gasteiger partial charge in [0.15, 0.2) is 5.65 Å². The molecule has 0 bridgehead atoms. The molecular weight excluding hydrogens is 406 g/mol. The average molecular weight is 419 g/mol. The van der Waals surface area contributed by atoms with E-state index in [4.69, 9.17) is 11.6 Å². The van der Waals surface area contributed by atoms with Crippen molar-refractivity contribution in [3.8, 4) is 5.69 Å². The number of fused-ring (bicyclic) bond motifs is 1. The maximum atomic E-state index is 13.4. The van der Waals surface area contributed by atoms with E-state index in [2.05, 4.69) is 32.7 Å². The number of nitrogens with zero attached hydrogens (tertiary/aromatic N) is 4. The highest BCUT2D eigenvalue weighted by atomic mass is 127. The monoisotopic (exact) mass is 418 g/mol. The van der Waals surface area contributed by atoms with Crippen LogP contribution in [0.25, 0.3) is 16.9 Å². The lowest BCUT2D eigenvalue weighted by molar-refractivity contribution is 0.625. The molecule has 4 nitrogen and oxygen atoms in total. The molecule has 110 valence electrons. The summed E-state index contributed by atoms with van der Waals surface area (Å²) >= 11 is 8.17. The topological polar surface area (TPSA) is 35.6 Å². The van der Waals surface area contributed by atoms with E-state index < -0.39 is 0 Å². The van der Waals surface area contributed by atoms with Crippen LogP contribution in [0.2, 0.25) is 0 Å². The molecule has 0 unspecified atom stereocenters. The highest BCUT2D eigenvalue weighted by Crippen LogP contribution is 2.28. The lowest BCUT2D eigenvalue weighted by atomic mass is 10.3. The Bertz CT molecular complexity index is 824. The Hall–Kier alpha value is -1.15. The van der Waals surface area contributed by atoms with Crippen LogP contribution in [0.3, 0.4) is 0 Å². The Labute approximate surface area is 140 Å². The third-order valence-corrected chi connectivity index (χ3v) is 4.45. The Morgan fingerprint density at radius 2 is 2.14 bits per heavy atom. The summed E-state index contributed by atoms with van der Waals surface area (Å²) in [6, 6.07) is 4.69. The van der Waals surface area contributed by atoms with Crippen molar-refractivity contribution in [3.63, 3.8) is 0 Å². The van der Waals surface area contributed by atoms with E-state index in [0.29, 0.717) is 0 Å². The molecule has 0 aliphatic heterocycles. The molecule has 0 radical (unpaired) electrons. The quantitative estimate of drug-likeness (QED) is 0.475. The number of halogens is 3. The average Bonchev–Trinajstić information content (AvgIpc) is 2.97. The molecule has 0 saturated carbocycles. The summed E-state index contributed by atoms with van der Waals surface area (Å²) in [5.74, 6) is 0.761. The van der Waals surface area contributed by atoms with Gasteiger partial charge >= 0.3 is 0 Å². The number of hydrogen-bond donors (Lipinski definition) is 0. The second-order valence-electron chi connectivity index (χ2n) is 4.67. The molecule has 2 aromatic heterocycles. The molecule has 21 heavy (non-hydrogen) atoms. The van der Waals surface area contributed by atoms with Gasteiger partial charge in [-0.2, -0.15) is 5.10 Å². The van der Waals surface area contributed by atoms with Gasteiger partial charge in [0.25, 0.3) is 0 Å². The van der Waals surface area contributed by atoms with Crippen LogP contribution in [0.4, 0.5) is 4.39 Å². The largest absolute Gasteiger partial charge is 0.279 e. The highest BCUT2D eigenvalue weighted by molar-refractivity contribution is 14.1. The Balaban J connectivity index is 2.39. The van der Waals surface area contributed by atoms with Gasteiger partial charge in [0, 0.05) is 10.1 Å². The third kappa shape index (κ3) is 2.34. The summed E-state index contributed by atoms with van der Waals surface area (Å²) in [4.78, 5) is 4.59. The number of aromatic nitrogens is 4. The summed E-state index contributed by atoms with van der Waals surface area (Å²) in [6.07, 6.45) is 0. The predicted molar refractivity (Wildman–Crippen MR) is 89.5 cm³/mol. The number of hydrogen-bond acceptors (Lipinski definition) is 2. The van der Waals surface area contributed by atoms with Crippen LogP contribution in [-0.2, 0) is 12.4 Å². The number of imidazole rings is 1. The third-order valence-electron chi connectivity index (χ3n) is 3.35.